The molecule has 1 aromatic rings. The van der Waals surface area contributed by atoms with Gasteiger partial charge in [0.2, 0.25) is 0 Å². The van der Waals surface area contributed by atoms with E-state index < -0.39 is 4.92 Å². The second-order valence-electron chi connectivity index (χ2n) is 2.60. The number of halogens is 1. The highest BCUT2D eigenvalue weighted by molar-refractivity contribution is 6.30. The number of aromatic nitrogens is 1. The molecule has 1 rings (SSSR count). The van der Waals surface area contributed by atoms with Crippen LogP contribution in [-0.4, -0.2) is 9.91 Å². The first-order valence-corrected chi connectivity index (χ1v) is 4.36. The summed E-state index contributed by atoms with van der Waals surface area (Å²) >= 11 is 5.71. The lowest BCUT2D eigenvalue weighted by Gasteiger charge is -1.96. The summed E-state index contributed by atoms with van der Waals surface area (Å²) < 4.78 is 0. The van der Waals surface area contributed by atoms with E-state index in [9.17, 15) is 10.1 Å². The van der Waals surface area contributed by atoms with Crippen molar-refractivity contribution in [2.75, 3.05) is 0 Å². The molecule has 0 aliphatic rings. The Morgan fingerprint density at radius 3 is 3.07 bits per heavy atom. The van der Waals surface area contributed by atoms with E-state index in [0.29, 0.717) is 5.56 Å². The standard InChI is InChI=1S/C9H6ClN3O2/c10-9-7(3-1-2-4-11)5-8(6-12-9)13(14)15/h1,3,5-6H,2H2. The van der Waals surface area contributed by atoms with Gasteiger partial charge in [-0.05, 0) is 0 Å². The number of rotatable bonds is 3. The molecule has 0 amide bonds. The van der Waals surface area contributed by atoms with Crippen LogP contribution < -0.4 is 0 Å². The van der Waals surface area contributed by atoms with Gasteiger partial charge in [-0.1, -0.05) is 23.8 Å². The van der Waals surface area contributed by atoms with Gasteiger partial charge in [-0.2, -0.15) is 5.26 Å². The second-order valence-corrected chi connectivity index (χ2v) is 2.95. The first-order valence-electron chi connectivity index (χ1n) is 3.98. The number of nitro groups is 1. The first kappa shape index (κ1) is 11.1. The van der Waals surface area contributed by atoms with Crippen molar-refractivity contribution in [1.82, 2.24) is 4.98 Å². The maximum Gasteiger partial charge on any atom is 0.288 e. The van der Waals surface area contributed by atoms with E-state index in [1.165, 1.54) is 12.1 Å². The molecule has 0 aliphatic heterocycles. The van der Waals surface area contributed by atoms with Crippen LogP contribution in [0.25, 0.3) is 6.08 Å². The molecule has 0 atom stereocenters. The summed E-state index contributed by atoms with van der Waals surface area (Å²) in [6.07, 6.45) is 4.40. The van der Waals surface area contributed by atoms with Gasteiger partial charge in [0, 0.05) is 11.6 Å². The van der Waals surface area contributed by atoms with Crippen molar-refractivity contribution < 1.29 is 4.92 Å². The molecule has 0 radical (unpaired) electrons. The van der Waals surface area contributed by atoms with Crippen molar-refractivity contribution in [3.63, 3.8) is 0 Å². The number of pyridine rings is 1. The van der Waals surface area contributed by atoms with Crippen molar-refractivity contribution >= 4 is 23.4 Å². The Kier molecular flexibility index (Phi) is 3.77. The van der Waals surface area contributed by atoms with Gasteiger partial charge in [0.25, 0.3) is 5.69 Å². The summed E-state index contributed by atoms with van der Waals surface area (Å²) in [5.41, 5.74) is 0.303. The summed E-state index contributed by atoms with van der Waals surface area (Å²) in [6, 6.07) is 3.22. The third-order valence-electron chi connectivity index (χ3n) is 1.57. The van der Waals surface area contributed by atoms with Crippen molar-refractivity contribution in [2.45, 2.75) is 6.42 Å². The Hall–Kier alpha value is -1.93. The van der Waals surface area contributed by atoms with Gasteiger partial charge in [-0.3, -0.25) is 10.1 Å². The van der Waals surface area contributed by atoms with Gasteiger partial charge in [0.1, 0.15) is 11.3 Å². The molecule has 6 heteroatoms. The highest BCUT2D eigenvalue weighted by Crippen LogP contribution is 2.20. The second kappa shape index (κ2) is 5.08. The fourth-order valence-electron chi connectivity index (χ4n) is 0.909. The molecule has 0 aliphatic carbocycles. The number of allylic oxidation sites excluding steroid dienone is 1. The highest BCUT2D eigenvalue weighted by atomic mass is 35.5. The molecule has 5 nitrogen and oxygen atoms in total. The first-order chi connectivity index (χ1) is 7.15. The molecule has 76 valence electrons. The predicted octanol–water partition coefficient (Wildman–Crippen LogP) is 2.57. The molecular weight excluding hydrogens is 218 g/mol. The van der Waals surface area contributed by atoms with Crippen molar-refractivity contribution in [1.29, 1.82) is 5.26 Å². The van der Waals surface area contributed by atoms with Crippen LogP contribution in [0.5, 0.6) is 0 Å². The quantitative estimate of drug-likeness (QED) is 0.448. The Morgan fingerprint density at radius 1 is 1.73 bits per heavy atom. The number of nitriles is 1. The fraction of sp³-hybridized carbons (Fsp3) is 0.111. The summed E-state index contributed by atoms with van der Waals surface area (Å²) in [5.74, 6) is 0. The SMILES string of the molecule is N#CCC=Cc1cc([N+](=O)[O-])cnc1Cl. The van der Waals surface area contributed by atoms with E-state index in [0.717, 1.165) is 6.20 Å². The number of hydrogen-bond donors (Lipinski definition) is 0. The minimum Gasteiger partial charge on any atom is -0.258 e. The molecule has 0 fully saturated rings. The maximum atomic E-state index is 10.4. The van der Waals surface area contributed by atoms with Crippen LogP contribution in [0, 0.1) is 21.4 Å². The van der Waals surface area contributed by atoms with Crippen LogP contribution in [0.15, 0.2) is 18.3 Å². The summed E-state index contributed by atoms with van der Waals surface area (Å²) in [4.78, 5) is 13.6. The molecule has 1 aromatic heterocycles. The maximum absolute atomic E-state index is 10.4. The summed E-state index contributed by atoms with van der Waals surface area (Å²) in [5, 5.41) is 18.9. The molecule has 1 heterocycles. The smallest absolute Gasteiger partial charge is 0.258 e. The summed E-state index contributed by atoms with van der Waals surface area (Å²) in [6.45, 7) is 0. The number of nitrogens with zero attached hydrogens (tertiary/aromatic N) is 3. The minimum atomic E-state index is -0.551. The van der Waals surface area contributed by atoms with E-state index in [1.54, 1.807) is 6.08 Å². The van der Waals surface area contributed by atoms with Gasteiger partial charge in [-0.25, -0.2) is 4.98 Å². The Morgan fingerprint density at radius 2 is 2.47 bits per heavy atom. The van der Waals surface area contributed by atoms with E-state index in [1.807, 2.05) is 6.07 Å². The normalized spacial score (nSPS) is 10.1. The molecule has 0 spiro atoms. The van der Waals surface area contributed by atoms with E-state index in [2.05, 4.69) is 4.98 Å². The van der Waals surface area contributed by atoms with E-state index in [4.69, 9.17) is 16.9 Å². The largest absolute Gasteiger partial charge is 0.288 e. The zero-order chi connectivity index (χ0) is 11.3. The predicted molar refractivity (Wildman–Crippen MR) is 55.2 cm³/mol. The average molecular weight is 224 g/mol. The van der Waals surface area contributed by atoms with Crippen molar-refractivity contribution in [2.24, 2.45) is 0 Å². The lowest BCUT2D eigenvalue weighted by molar-refractivity contribution is -0.385. The third-order valence-corrected chi connectivity index (χ3v) is 1.88. The van der Waals surface area contributed by atoms with Gasteiger partial charge >= 0.3 is 0 Å². The third kappa shape index (κ3) is 3.04. The molecule has 0 saturated heterocycles. The molecule has 0 saturated carbocycles. The van der Waals surface area contributed by atoms with Crippen LogP contribution in [0.3, 0.4) is 0 Å². The lowest BCUT2D eigenvalue weighted by atomic mass is 10.2. The molecule has 0 unspecified atom stereocenters. The lowest BCUT2D eigenvalue weighted by Crippen LogP contribution is -1.90. The molecule has 0 aromatic carbocycles. The van der Waals surface area contributed by atoms with Gasteiger partial charge < -0.3 is 0 Å². The van der Waals surface area contributed by atoms with Crippen LogP contribution in [0.2, 0.25) is 5.15 Å². The van der Waals surface area contributed by atoms with E-state index in [-0.39, 0.29) is 17.3 Å². The van der Waals surface area contributed by atoms with Gasteiger partial charge in [-0.15, -0.1) is 0 Å². The minimum absolute atomic E-state index is 0.129. The average Bonchev–Trinajstić information content (AvgIpc) is 2.20. The van der Waals surface area contributed by atoms with Crippen LogP contribution in [0.1, 0.15) is 12.0 Å². The molecule has 0 N–H and O–H groups in total. The van der Waals surface area contributed by atoms with Gasteiger partial charge in [0.05, 0.1) is 17.4 Å². The highest BCUT2D eigenvalue weighted by Gasteiger charge is 2.08. The van der Waals surface area contributed by atoms with E-state index >= 15 is 0 Å². The Labute approximate surface area is 90.8 Å². The Bertz CT molecular complexity index is 451. The van der Waals surface area contributed by atoms with Crippen molar-refractivity contribution in [3.05, 3.63) is 39.2 Å². The van der Waals surface area contributed by atoms with Crippen molar-refractivity contribution in [3.8, 4) is 6.07 Å². The van der Waals surface area contributed by atoms with Crippen LogP contribution in [0.4, 0.5) is 5.69 Å². The fourth-order valence-corrected chi connectivity index (χ4v) is 1.08. The number of hydrogen-bond acceptors (Lipinski definition) is 4. The molecular formula is C9H6ClN3O2. The monoisotopic (exact) mass is 223 g/mol. The Balaban J connectivity index is 3.01. The molecule has 0 bridgehead atoms. The van der Waals surface area contributed by atoms with Crippen LogP contribution >= 0.6 is 11.6 Å². The topological polar surface area (TPSA) is 79.8 Å². The van der Waals surface area contributed by atoms with Crippen LogP contribution in [-0.2, 0) is 0 Å². The zero-order valence-corrected chi connectivity index (χ0v) is 8.31. The summed E-state index contributed by atoms with van der Waals surface area (Å²) in [7, 11) is 0. The van der Waals surface area contributed by atoms with Gasteiger partial charge in [0.15, 0.2) is 0 Å². The zero-order valence-electron chi connectivity index (χ0n) is 7.55. The molecule has 15 heavy (non-hydrogen) atoms.